The van der Waals surface area contributed by atoms with Gasteiger partial charge in [-0.15, -0.1) is 0 Å². The first-order chi connectivity index (χ1) is 8.96. The Morgan fingerprint density at radius 3 is 2.35 bits per heavy atom. The van der Waals surface area contributed by atoms with E-state index in [2.05, 4.69) is 5.32 Å². The maximum atomic E-state index is 12.3. The number of hydrogen-bond donors (Lipinski definition) is 2. The van der Waals surface area contributed by atoms with Gasteiger partial charge < -0.3 is 11.1 Å². The van der Waals surface area contributed by atoms with Crippen LogP contribution in [0, 0.1) is 15.5 Å². The van der Waals surface area contributed by atoms with Crippen molar-refractivity contribution >= 4 is 28.9 Å². The summed E-state index contributed by atoms with van der Waals surface area (Å²) in [5.41, 5.74) is 4.14. The predicted molar refractivity (Wildman–Crippen MR) is 78.8 cm³/mol. The van der Waals surface area contributed by atoms with E-state index in [1.807, 2.05) is 0 Å². The van der Waals surface area contributed by atoms with Gasteiger partial charge in [0, 0.05) is 16.6 Å². The molecule has 0 aliphatic heterocycles. The van der Waals surface area contributed by atoms with E-state index in [0.717, 1.165) is 0 Å². The Morgan fingerprint density at radius 1 is 1.35 bits per heavy atom. The van der Waals surface area contributed by atoms with Gasteiger partial charge in [-0.05, 0) is 39.8 Å². The van der Waals surface area contributed by atoms with Crippen molar-refractivity contribution in [2.45, 2.75) is 33.2 Å². The molecule has 110 valence electrons. The van der Waals surface area contributed by atoms with Crippen LogP contribution in [0.2, 0.25) is 5.02 Å². The van der Waals surface area contributed by atoms with Crippen LogP contribution in [-0.4, -0.2) is 16.4 Å². The van der Waals surface area contributed by atoms with Crippen LogP contribution in [0.1, 0.15) is 27.7 Å². The Bertz CT molecular complexity index is 550. The molecule has 0 spiro atoms. The van der Waals surface area contributed by atoms with Crippen LogP contribution in [0.4, 0.5) is 11.4 Å². The zero-order valence-electron chi connectivity index (χ0n) is 11.9. The number of nitro benzene ring substituents is 1. The van der Waals surface area contributed by atoms with Crippen LogP contribution in [0.25, 0.3) is 0 Å². The average molecular weight is 300 g/mol. The van der Waals surface area contributed by atoms with E-state index in [1.165, 1.54) is 18.2 Å². The number of amides is 1. The van der Waals surface area contributed by atoms with Crippen LogP contribution < -0.4 is 11.1 Å². The summed E-state index contributed by atoms with van der Waals surface area (Å²) < 4.78 is 0. The van der Waals surface area contributed by atoms with Gasteiger partial charge in [-0.25, -0.2) is 0 Å². The quantitative estimate of drug-likeness (QED) is 0.659. The summed E-state index contributed by atoms with van der Waals surface area (Å²) in [6.45, 7) is 6.82. The Hall–Kier alpha value is -1.66. The van der Waals surface area contributed by atoms with E-state index in [9.17, 15) is 14.9 Å². The molecule has 0 unspecified atom stereocenters. The van der Waals surface area contributed by atoms with Gasteiger partial charge in [0.05, 0.1) is 10.3 Å². The maximum absolute atomic E-state index is 12.3. The molecule has 1 rings (SSSR count). The topological polar surface area (TPSA) is 98.3 Å². The van der Waals surface area contributed by atoms with Crippen molar-refractivity contribution in [3.63, 3.8) is 0 Å². The third-order valence-electron chi connectivity index (χ3n) is 3.58. The molecule has 0 aliphatic rings. The lowest BCUT2D eigenvalue weighted by Gasteiger charge is -2.36. The second-order valence-electron chi connectivity index (χ2n) is 5.72. The summed E-state index contributed by atoms with van der Waals surface area (Å²) in [6.07, 6.45) is 0. The van der Waals surface area contributed by atoms with E-state index in [4.69, 9.17) is 17.3 Å². The van der Waals surface area contributed by atoms with E-state index in [-0.39, 0.29) is 16.4 Å². The van der Waals surface area contributed by atoms with E-state index < -0.39 is 21.8 Å². The van der Waals surface area contributed by atoms with Crippen molar-refractivity contribution in [3.8, 4) is 0 Å². The van der Waals surface area contributed by atoms with Gasteiger partial charge in [-0.3, -0.25) is 14.9 Å². The number of benzene rings is 1. The number of nitrogens with two attached hydrogens (primary N) is 1. The third-order valence-corrected chi connectivity index (χ3v) is 3.82. The fraction of sp³-hybridized carbons (Fsp3) is 0.462. The van der Waals surface area contributed by atoms with Gasteiger partial charge in [0.2, 0.25) is 5.91 Å². The van der Waals surface area contributed by atoms with Crippen LogP contribution in [0.3, 0.4) is 0 Å². The summed E-state index contributed by atoms with van der Waals surface area (Å²) in [5, 5.41) is 13.7. The van der Waals surface area contributed by atoms with Gasteiger partial charge in [-0.1, -0.05) is 11.6 Å². The van der Waals surface area contributed by atoms with Crippen LogP contribution >= 0.6 is 11.6 Å². The largest absolute Gasteiger partial charge is 0.325 e. The molecule has 1 aromatic carbocycles. The first kappa shape index (κ1) is 16.4. The molecule has 0 bridgehead atoms. The molecule has 7 heteroatoms. The number of carbonyl (C=O) groups excluding carboxylic acids is 1. The minimum atomic E-state index is -0.902. The molecule has 0 saturated carbocycles. The van der Waals surface area contributed by atoms with Gasteiger partial charge in [0.1, 0.15) is 5.69 Å². The van der Waals surface area contributed by atoms with E-state index in [1.54, 1.807) is 27.7 Å². The highest BCUT2D eigenvalue weighted by Gasteiger charge is 2.41. The van der Waals surface area contributed by atoms with Gasteiger partial charge in [-0.2, -0.15) is 0 Å². The number of nitro groups is 1. The summed E-state index contributed by atoms with van der Waals surface area (Å²) in [7, 11) is 0. The molecule has 0 radical (unpaired) electrons. The molecule has 20 heavy (non-hydrogen) atoms. The Kier molecular flexibility index (Phi) is 4.41. The molecule has 0 saturated heterocycles. The monoisotopic (exact) mass is 299 g/mol. The molecule has 3 N–H and O–H groups in total. The molecule has 0 heterocycles. The Labute approximate surface area is 122 Å². The van der Waals surface area contributed by atoms with Gasteiger partial charge >= 0.3 is 0 Å². The minimum absolute atomic E-state index is 0.0988. The van der Waals surface area contributed by atoms with E-state index >= 15 is 0 Å². The zero-order chi connectivity index (χ0) is 15.7. The number of hydrogen-bond acceptors (Lipinski definition) is 4. The first-order valence-electron chi connectivity index (χ1n) is 6.01. The predicted octanol–water partition coefficient (Wildman–Crippen LogP) is 2.95. The fourth-order valence-electron chi connectivity index (χ4n) is 1.33. The normalized spacial score (nSPS) is 12.1. The van der Waals surface area contributed by atoms with Crippen molar-refractivity contribution < 1.29 is 9.72 Å². The van der Waals surface area contributed by atoms with E-state index in [0.29, 0.717) is 0 Å². The number of rotatable bonds is 4. The van der Waals surface area contributed by atoms with Gasteiger partial charge in [0.15, 0.2) is 0 Å². The molecule has 1 aromatic rings. The Balaban J connectivity index is 3.12. The minimum Gasteiger partial charge on any atom is -0.325 e. The number of carbonyl (C=O) groups is 1. The highest BCUT2D eigenvalue weighted by molar-refractivity contribution is 6.31. The summed E-state index contributed by atoms with van der Waals surface area (Å²) in [6, 6.07) is 4.07. The van der Waals surface area contributed by atoms with Crippen LogP contribution in [-0.2, 0) is 4.79 Å². The molecule has 6 nitrogen and oxygen atoms in total. The molecule has 0 aliphatic carbocycles. The first-order valence-corrected chi connectivity index (χ1v) is 6.39. The molecule has 0 aromatic heterocycles. The summed E-state index contributed by atoms with van der Waals surface area (Å²) >= 11 is 5.72. The maximum Gasteiger partial charge on any atom is 0.294 e. The van der Waals surface area contributed by atoms with Crippen molar-refractivity contribution in [3.05, 3.63) is 33.3 Å². The lowest BCUT2D eigenvalue weighted by molar-refractivity contribution is -0.383. The molecule has 1 amide bonds. The van der Waals surface area contributed by atoms with Crippen LogP contribution in [0.15, 0.2) is 18.2 Å². The molecular weight excluding hydrogens is 282 g/mol. The Morgan fingerprint density at radius 2 is 1.90 bits per heavy atom. The number of halogens is 1. The lowest BCUT2D eigenvalue weighted by atomic mass is 9.74. The number of anilines is 1. The third kappa shape index (κ3) is 3.26. The summed E-state index contributed by atoms with van der Waals surface area (Å²) in [4.78, 5) is 22.7. The summed E-state index contributed by atoms with van der Waals surface area (Å²) in [5.74, 6) is -0.393. The number of nitrogens with zero attached hydrogens (tertiary/aromatic N) is 1. The van der Waals surface area contributed by atoms with Crippen molar-refractivity contribution in [1.29, 1.82) is 0 Å². The molecule has 0 fully saturated rings. The van der Waals surface area contributed by atoms with Gasteiger partial charge in [0.25, 0.3) is 5.69 Å². The lowest BCUT2D eigenvalue weighted by Crippen LogP contribution is -2.53. The molecule has 0 atom stereocenters. The fourth-order valence-corrected chi connectivity index (χ4v) is 1.50. The molecular formula is C13H18ClN3O3. The zero-order valence-corrected chi connectivity index (χ0v) is 12.6. The van der Waals surface area contributed by atoms with Crippen LogP contribution in [0.5, 0.6) is 0 Å². The number of nitrogens with one attached hydrogen (secondary N) is 1. The highest BCUT2D eigenvalue weighted by atomic mass is 35.5. The highest BCUT2D eigenvalue weighted by Crippen LogP contribution is 2.33. The average Bonchev–Trinajstić information content (AvgIpc) is 2.29. The smallest absolute Gasteiger partial charge is 0.294 e. The standard InChI is InChI=1S/C13H18ClN3O3/c1-12(2,13(3,4)15)11(18)16-9-6-5-8(14)7-10(9)17(19)20/h5-7H,15H2,1-4H3,(H,16,18). The van der Waals surface area contributed by atoms with Crippen molar-refractivity contribution in [2.24, 2.45) is 11.1 Å². The SMILES string of the molecule is CC(C)(N)C(C)(C)C(=O)Nc1ccc(Cl)cc1[N+](=O)[O-]. The van der Waals surface area contributed by atoms with Crippen molar-refractivity contribution in [1.82, 2.24) is 0 Å². The second-order valence-corrected chi connectivity index (χ2v) is 6.16. The second kappa shape index (κ2) is 5.38. The van der Waals surface area contributed by atoms with Crippen molar-refractivity contribution in [2.75, 3.05) is 5.32 Å².